The van der Waals surface area contributed by atoms with Crippen LogP contribution in [-0.2, 0) is 7.05 Å². The summed E-state index contributed by atoms with van der Waals surface area (Å²) >= 11 is 0. The molecule has 0 saturated carbocycles. The van der Waals surface area contributed by atoms with Crippen LogP contribution < -0.4 is 5.56 Å². The fourth-order valence-electron chi connectivity index (χ4n) is 3.03. The number of hydrogen-bond donors (Lipinski definition) is 0. The summed E-state index contributed by atoms with van der Waals surface area (Å²) in [6.07, 6.45) is 1.94. The number of aromatic nitrogens is 1. The van der Waals surface area contributed by atoms with Crippen LogP contribution in [0.25, 0.3) is 0 Å². The number of rotatable bonds is 0. The van der Waals surface area contributed by atoms with Crippen LogP contribution in [0.1, 0.15) is 33.3 Å². The van der Waals surface area contributed by atoms with Gasteiger partial charge in [-0.2, -0.15) is 0 Å². The summed E-state index contributed by atoms with van der Waals surface area (Å²) in [6.45, 7) is 4.12. The molecule has 1 aromatic heterocycles. The van der Waals surface area contributed by atoms with Crippen molar-refractivity contribution in [2.24, 2.45) is 7.05 Å². The Hall–Kier alpha value is -2.43. The molecule has 0 unspecified atom stereocenters. The van der Waals surface area contributed by atoms with Gasteiger partial charge < -0.3 is 9.47 Å². The number of hydrogen-bond acceptors (Lipinski definition) is 4. The Morgan fingerprint density at radius 3 is 2.38 bits per heavy atom. The van der Waals surface area contributed by atoms with Gasteiger partial charge in [0.25, 0.3) is 5.56 Å². The van der Waals surface area contributed by atoms with Crippen LogP contribution in [0.4, 0.5) is 0 Å². The van der Waals surface area contributed by atoms with Crippen molar-refractivity contribution in [1.29, 1.82) is 0 Å². The van der Waals surface area contributed by atoms with Crippen LogP contribution in [0.5, 0.6) is 0 Å². The van der Waals surface area contributed by atoms with E-state index in [0.29, 0.717) is 28.9 Å². The zero-order valence-electron chi connectivity index (χ0n) is 12.5. The van der Waals surface area contributed by atoms with Crippen LogP contribution in [0.2, 0.25) is 0 Å². The lowest BCUT2D eigenvalue weighted by Crippen LogP contribution is -2.39. The highest BCUT2D eigenvalue weighted by atomic mass is 16.1. The molecule has 0 atom stereocenters. The number of carbonyl (C=O) groups is 2. The van der Waals surface area contributed by atoms with Crippen molar-refractivity contribution in [1.82, 2.24) is 9.47 Å². The first-order valence-corrected chi connectivity index (χ1v) is 6.77. The van der Waals surface area contributed by atoms with E-state index in [1.165, 1.54) is 17.7 Å². The van der Waals surface area contributed by atoms with Crippen LogP contribution >= 0.6 is 0 Å². The smallest absolute Gasteiger partial charge is 0.251 e. The van der Waals surface area contributed by atoms with Crippen molar-refractivity contribution in [2.75, 3.05) is 13.6 Å². The average Bonchev–Trinajstić information content (AvgIpc) is 2.42. The van der Waals surface area contributed by atoms with E-state index in [0.717, 1.165) is 5.57 Å². The molecular weight excluding hydrogens is 268 g/mol. The van der Waals surface area contributed by atoms with Gasteiger partial charge in [-0.1, -0.05) is 6.08 Å². The number of nitrogens with zero attached hydrogens (tertiary/aromatic N) is 2. The molecule has 0 fully saturated rings. The quantitative estimate of drug-likeness (QED) is 0.718. The third-order valence-electron chi connectivity index (χ3n) is 4.21. The zero-order chi connectivity index (χ0) is 15.5. The van der Waals surface area contributed by atoms with Gasteiger partial charge in [0.1, 0.15) is 5.69 Å². The Morgan fingerprint density at radius 2 is 1.71 bits per heavy atom. The highest BCUT2D eigenvalue weighted by molar-refractivity contribution is 6.28. The van der Waals surface area contributed by atoms with Crippen molar-refractivity contribution >= 4 is 11.6 Å². The third kappa shape index (κ3) is 1.67. The molecule has 2 heterocycles. The van der Waals surface area contributed by atoms with Crippen molar-refractivity contribution in [3.05, 3.63) is 56.2 Å². The summed E-state index contributed by atoms with van der Waals surface area (Å²) in [5.74, 6) is -0.425. The molecule has 1 aromatic rings. The minimum Gasteiger partial charge on any atom is -0.367 e. The lowest BCUT2D eigenvalue weighted by molar-refractivity contribution is 0.0940. The summed E-state index contributed by atoms with van der Waals surface area (Å²) in [5, 5.41) is 0. The molecule has 5 nitrogen and oxygen atoms in total. The molecule has 0 N–H and O–H groups in total. The van der Waals surface area contributed by atoms with E-state index in [4.69, 9.17) is 0 Å². The Bertz CT molecular complexity index is 825. The third-order valence-corrected chi connectivity index (χ3v) is 4.21. The monoisotopic (exact) mass is 284 g/mol. The van der Waals surface area contributed by atoms with Gasteiger partial charge in [-0.15, -0.1) is 0 Å². The van der Waals surface area contributed by atoms with E-state index in [-0.39, 0.29) is 22.8 Å². The number of carbonyl (C=O) groups excluding carboxylic acids is 2. The Labute approximate surface area is 122 Å². The standard InChI is InChI=1S/C16H16N2O3/c1-8-5-6-17(3)13-11(8)15(20)12-9(2)7-10(19)18(4)14(12)16(13)21/h5,7H,6H2,1-4H3. The second-order valence-electron chi connectivity index (χ2n) is 5.60. The maximum Gasteiger partial charge on any atom is 0.251 e. The van der Waals surface area contributed by atoms with Gasteiger partial charge in [0.15, 0.2) is 5.78 Å². The van der Waals surface area contributed by atoms with Gasteiger partial charge in [-0.05, 0) is 25.0 Å². The second kappa shape index (κ2) is 4.28. The van der Waals surface area contributed by atoms with E-state index >= 15 is 0 Å². The summed E-state index contributed by atoms with van der Waals surface area (Å²) in [4.78, 5) is 39.4. The highest BCUT2D eigenvalue weighted by Gasteiger charge is 2.38. The maximum atomic E-state index is 12.8. The fourth-order valence-corrected chi connectivity index (χ4v) is 3.03. The molecule has 0 saturated heterocycles. The fraction of sp³-hybridized carbons (Fsp3) is 0.312. The molecule has 21 heavy (non-hydrogen) atoms. The second-order valence-corrected chi connectivity index (χ2v) is 5.60. The van der Waals surface area contributed by atoms with E-state index in [9.17, 15) is 14.4 Å². The normalized spacial score (nSPS) is 17.7. The van der Waals surface area contributed by atoms with E-state index < -0.39 is 0 Å². The van der Waals surface area contributed by atoms with Crippen molar-refractivity contribution < 1.29 is 9.59 Å². The molecule has 2 aliphatic rings. The molecule has 108 valence electrons. The lowest BCUT2D eigenvalue weighted by Gasteiger charge is -2.32. The minimum absolute atomic E-state index is 0.173. The van der Waals surface area contributed by atoms with E-state index in [2.05, 4.69) is 0 Å². The molecule has 0 spiro atoms. The van der Waals surface area contributed by atoms with E-state index in [1.54, 1.807) is 18.9 Å². The first-order chi connectivity index (χ1) is 9.84. The number of aryl methyl sites for hydroxylation is 1. The molecule has 3 rings (SSSR count). The number of ketones is 2. The largest absolute Gasteiger partial charge is 0.367 e. The molecule has 0 bridgehead atoms. The summed E-state index contributed by atoms with van der Waals surface area (Å²) in [5.41, 5.74) is 2.51. The Balaban J connectivity index is 2.41. The predicted molar refractivity (Wildman–Crippen MR) is 78.5 cm³/mol. The molecule has 5 heteroatoms. The SMILES string of the molecule is CC1=CCN(C)C2=C1C(=O)c1c(C)cc(=O)n(C)c1C2=O. The maximum absolute atomic E-state index is 12.8. The van der Waals surface area contributed by atoms with Gasteiger partial charge >= 0.3 is 0 Å². The number of likely N-dealkylation sites (N-methyl/N-ethyl adjacent to an activating group) is 1. The van der Waals surface area contributed by atoms with Gasteiger partial charge in [0.2, 0.25) is 5.78 Å². The number of pyridine rings is 1. The number of allylic oxidation sites excluding steroid dienone is 3. The topological polar surface area (TPSA) is 59.4 Å². The van der Waals surface area contributed by atoms with Crippen molar-refractivity contribution in [3.63, 3.8) is 0 Å². The van der Waals surface area contributed by atoms with Crippen LogP contribution in [0, 0.1) is 6.92 Å². The predicted octanol–water partition coefficient (Wildman–Crippen LogP) is 1.22. The van der Waals surface area contributed by atoms with E-state index in [1.807, 2.05) is 13.0 Å². The van der Waals surface area contributed by atoms with Gasteiger partial charge in [-0.3, -0.25) is 14.4 Å². The Morgan fingerprint density at radius 1 is 1.05 bits per heavy atom. The van der Waals surface area contributed by atoms with Crippen LogP contribution in [0.15, 0.2) is 33.8 Å². The van der Waals surface area contributed by atoms with Gasteiger partial charge in [0.05, 0.1) is 16.8 Å². The van der Waals surface area contributed by atoms with Crippen LogP contribution in [-0.4, -0.2) is 34.6 Å². The number of Topliss-reactive ketones (excluding diaryl/α,β-unsaturated/α-hetero) is 2. The lowest BCUT2D eigenvalue weighted by atomic mass is 9.82. The van der Waals surface area contributed by atoms with Gasteiger partial charge in [0, 0.05) is 26.7 Å². The summed E-state index contributed by atoms with van der Waals surface area (Å²) in [6, 6.07) is 1.40. The zero-order valence-corrected chi connectivity index (χ0v) is 12.5. The summed E-state index contributed by atoms with van der Waals surface area (Å²) < 4.78 is 1.27. The molecule has 1 aliphatic heterocycles. The molecule has 0 amide bonds. The van der Waals surface area contributed by atoms with Crippen molar-refractivity contribution in [3.8, 4) is 0 Å². The Kier molecular flexibility index (Phi) is 2.76. The first kappa shape index (κ1) is 13.5. The minimum atomic E-state index is -0.276. The van der Waals surface area contributed by atoms with Crippen molar-refractivity contribution in [2.45, 2.75) is 13.8 Å². The highest BCUT2D eigenvalue weighted by Crippen LogP contribution is 2.34. The first-order valence-electron chi connectivity index (χ1n) is 6.77. The average molecular weight is 284 g/mol. The van der Waals surface area contributed by atoms with Crippen LogP contribution in [0.3, 0.4) is 0 Å². The summed E-state index contributed by atoms with van der Waals surface area (Å²) in [7, 11) is 3.31. The molecule has 1 aliphatic carbocycles. The van der Waals surface area contributed by atoms with Gasteiger partial charge in [-0.25, -0.2) is 0 Å². The molecular formula is C16H16N2O3. The molecule has 0 aromatic carbocycles. The number of fused-ring (bicyclic) bond motifs is 1. The molecule has 0 radical (unpaired) electrons.